The van der Waals surface area contributed by atoms with Crippen LogP contribution in [0.2, 0.25) is 6.82 Å². The molecule has 1 heteroatoms. The lowest BCUT2D eigenvalue weighted by Gasteiger charge is -2.13. The summed E-state index contributed by atoms with van der Waals surface area (Å²) in [4.78, 5) is 0. The lowest BCUT2D eigenvalue weighted by atomic mass is 9.74. The van der Waals surface area contributed by atoms with Crippen molar-refractivity contribution in [2.45, 2.75) is 26.0 Å². The van der Waals surface area contributed by atoms with Crippen LogP contribution in [0, 0.1) is 0 Å². The molecule has 0 fully saturated rings. The molecule has 1 aliphatic rings. The van der Waals surface area contributed by atoms with Gasteiger partial charge in [0.15, 0.2) is 0 Å². The number of benzene rings is 2. The molecule has 0 N–H and O–H groups in total. The van der Waals surface area contributed by atoms with Crippen molar-refractivity contribution in [2.75, 3.05) is 0 Å². The third-order valence-electron chi connectivity index (χ3n) is 3.91. The standard InChI is InChI=1S/C18H19B/c1-19-13-14-6-7-17-9-8-15-4-2-3-5-16(15)10-11-18(17)12-14/h2-9,12,19H,10-11,13H2,1H3/b9-8-. The average Bonchev–Trinajstić information content (AvgIpc) is 2.42. The van der Waals surface area contributed by atoms with Gasteiger partial charge in [0, 0.05) is 0 Å². The number of fused-ring (bicyclic) bond motifs is 2. The van der Waals surface area contributed by atoms with Gasteiger partial charge in [-0.15, -0.1) is 0 Å². The van der Waals surface area contributed by atoms with Gasteiger partial charge >= 0.3 is 0 Å². The smallest absolute Gasteiger partial charge is 0.0891 e. The first kappa shape index (κ1) is 12.3. The molecule has 0 aliphatic heterocycles. The van der Waals surface area contributed by atoms with Crippen LogP contribution in [0.5, 0.6) is 0 Å². The fourth-order valence-corrected chi connectivity index (χ4v) is 2.86. The van der Waals surface area contributed by atoms with Gasteiger partial charge in [-0.05, 0) is 35.1 Å². The summed E-state index contributed by atoms with van der Waals surface area (Å²) >= 11 is 0. The Morgan fingerprint density at radius 2 is 1.63 bits per heavy atom. The van der Waals surface area contributed by atoms with Gasteiger partial charge in [-0.25, -0.2) is 0 Å². The second kappa shape index (κ2) is 5.48. The molecule has 0 bridgehead atoms. The Bertz CT molecular complexity index is 611. The molecular formula is C18H19B. The van der Waals surface area contributed by atoms with Gasteiger partial charge in [-0.2, -0.15) is 0 Å². The SMILES string of the molecule is CBCc1ccc2c(c1)CCc1ccccc1/C=C\2. The number of aryl methyl sites for hydroxylation is 2. The maximum atomic E-state index is 2.40. The quantitative estimate of drug-likeness (QED) is 0.704. The van der Waals surface area contributed by atoms with Gasteiger partial charge in [0.25, 0.3) is 0 Å². The van der Waals surface area contributed by atoms with E-state index in [4.69, 9.17) is 0 Å². The Morgan fingerprint density at radius 3 is 2.47 bits per heavy atom. The minimum absolute atomic E-state index is 1.14. The van der Waals surface area contributed by atoms with Crippen molar-refractivity contribution >= 4 is 19.4 Å². The van der Waals surface area contributed by atoms with Gasteiger partial charge in [0.1, 0.15) is 7.28 Å². The average molecular weight is 246 g/mol. The normalized spacial score (nSPS) is 14.8. The van der Waals surface area contributed by atoms with E-state index in [-0.39, 0.29) is 0 Å². The van der Waals surface area contributed by atoms with E-state index in [0.29, 0.717) is 0 Å². The summed E-state index contributed by atoms with van der Waals surface area (Å²) in [6.45, 7) is 2.24. The maximum Gasteiger partial charge on any atom is 0.122 e. The molecule has 0 heterocycles. The molecule has 0 saturated carbocycles. The van der Waals surface area contributed by atoms with Crippen LogP contribution in [-0.2, 0) is 19.2 Å². The number of hydrogen-bond donors (Lipinski definition) is 0. The highest BCUT2D eigenvalue weighted by molar-refractivity contribution is 6.32. The molecule has 94 valence electrons. The minimum Gasteiger partial charge on any atom is -0.0891 e. The van der Waals surface area contributed by atoms with Crippen molar-refractivity contribution in [3.8, 4) is 0 Å². The predicted octanol–water partition coefficient (Wildman–Crippen LogP) is 3.94. The Morgan fingerprint density at radius 1 is 0.895 bits per heavy atom. The highest BCUT2D eigenvalue weighted by Crippen LogP contribution is 2.23. The van der Waals surface area contributed by atoms with Crippen LogP contribution in [0.3, 0.4) is 0 Å². The molecule has 1 aliphatic carbocycles. The van der Waals surface area contributed by atoms with Gasteiger partial charge in [-0.1, -0.05) is 73.3 Å². The summed E-state index contributed by atoms with van der Waals surface area (Å²) in [5.41, 5.74) is 7.19. The van der Waals surface area contributed by atoms with Crippen LogP contribution in [-0.4, -0.2) is 7.28 Å². The topological polar surface area (TPSA) is 0 Å². The lowest BCUT2D eigenvalue weighted by molar-refractivity contribution is 0.949. The molecule has 0 nitrogen and oxygen atoms in total. The minimum atomic E-state index is 1.14. The van der Waals surface area contributed by atoms with Crippen LogP contribution < -0.4 is 0 Å². The Labute approximate surface area is 116 Å². The Hall–Kier alpha value is -1.76. The van der Waals surface area contributed by atoms with Crippen molar-refractivity contribution in [3.05, 3.63) is 70.3 Å². The molecule has 0 atom stereocenters. The maximum absolute atomic E-state index is 2.40. The van der Waals surface area contributed by atoms with Crippen molar-refractivity contribution in [3.63, 3.8) is 0 Å². The number of rotatable bonds is 2. The van der Waals surface area contributed by atoms with Crippen molar-refractivity contribution < 1.29 is 0 Å². The molecule has 2 aromatic rings. The third-order valence-corrected chi connectivity index (χ3v) is 3.91. The molecule has 0 spiro atoms. The van der Waals surface area contributed by atoms with E-state index in [1.54, 1.807) is 0 Å². The third kappa shape index (κ3) is 2.65. The van der Waals surface area contributed by atoms with Gasteiger partial charge < -0.3 is 0 Å². The zero-order valence-corrected chi connectivity index (χ0v) is 11.5. The second-order valence-electron chi connectivity index (χ2n) is 5.32. The second-order valence-corrected chi connectivity index (χ2v) is 5.32. The monoisotopic (exact) mass is 246 g/mol. The molecule has 0 saturated heterocycles. The van der Waals surface area contributed by atoms with E-state index < -0.39 is 0 Å². The predicted molar refractivity (Wildman–Crippen MR) is 85.9 cm³/mol. The summed E-state index contributed by atoms with van der Waals surface area (Å²) in [6.07, 6.45) is 8.00. The van der Waals surface area contributed by atoms with E-state index in [2.05, 4.69) is 61.4 Å². The van der Waals surface area contributed by atoms with Crippen molar-refractivity contribution in [2.24, 2.45) is 0 Å². The fourth-order valence-electron chi connectivity index (χ4n) is 2.86. The van der Waals surface area contributed by atoms with Crippen LogP contribution in [0.25, 0.3) is 12.2 Å². The first-order valence-corrected chi connectivity index (χ1v) is 7.24. The fraction of sp³-hybridized carbons (Fsp3) is 0.222. The van der Waals surface area contributed by atoms with E-state index in [0.717, 1.165) is 12.8 Å². The number of hydrogen-bond acceptors (Lipinski definition) is 0. The molecule has 0 radical (unpaired) electrons. The summed E-state index contributed by atoms with van der Waals surface area (Å²) in [5.74, 6) is 0. The first-order valence-electron chi connectivity index (χ1n) is 7.24. The van der Waals surface area contributed by atoms with Gasteiger partial charge in [-0.3, -0.25) is 0 Å². The van der Waals surface area contributed by atoms with Gasteiger partial charge in [0.2, 0.25) is 0 Å². The summed E-state index contributed by atoms with van der Waals surface area (Å²) in [7, 11) is 1.22. The Kier molecular flexibility index (Phi) is 3.54. The molecule has 19 heavy (non-hydrogen) atoms. The van der Waals surface area contributed by atoms with Crippen molar-refractivity contribution in [1.82, 2.24) is 0 Å². The molecular weight excluding hydrogens is 227 g/mol. The van der Waals surface area contributed by atoms with Crippen LogP contribution >= 0.6 is 0 Å². The van der Waals surface area contributed by atoms with Crippen LogP contribution in [0.15, 0.2) is 42.5 Å². The van der Waals surface area contributed by atoms with E-state index in [9.17, 15) is 0 Å². The van der Waals surface area contributed by atoms with E-state index in [1.807, 2.05) is 0 Å². The molecule has 0 amide bonds. The summed E-state index contributed by atoms with van der Waals surface area (Å²) < 4.78 is 0. The Balaban J connectivity index is 1.99. The first-order chi connectivity index (χ1) is 9.36. The summed E-state index contributed by atoms with van der Waals surface area (Å²) in [6, 6.07) is 15.7. The molecule has 3 rings (SSSR count). The molecule has 0 aromatic heterocycles. The summed E-state index contributed by atoms with van der Waals surface area (Å²) in [5, 5.41) is 0. The lowest BCUT2D eigenvalue weighted by Crippen LogP contribution is -2.01. The van der Waals surface area contributed by atoms with E-state index >= 15 is 0 Å². The van der Waals surface area contributed by atoms with Crippen molar-refractivity contribution in [1.29, 1.82) is 0 Å². The highest BCUT2D eigenvalue weighted by atomic mass is 14.1. The molecule has 0 unspecified atom stereocenters. The van der Waals surface area contributed by atoms with Gasteiger partial charge in [0.05, 0.1) is 0 Å². The van der Waals surface area contributed by atoms with E-state index in [1.165, 1.54) is 41.4 Å². The van der Waals surface area contributed by atoms with Crippen LogP contribution in [0.1, 0.15) is 27.8 Å². The molecule has 2 aromatic carbocycles. The highest BCUT2D eigenvalue weighted by Gasteiger charge is 2.07. The zero-order valence-electron chi connectivity index (χ0n) is 11.5. The largest absolute Gasteiger partial charge is 0.122 e. The van der Waals surface area contributed by atoms with Crippen LogP contribution in [0.4, 0.5) is 0 Å². The zero-order chi connectivity index (χ0) is 13.1.